The molecule has 1 heterocycles. The zero-order chi connectivity index (χ0) is 13.9. The molecular weight excluding hydrogens is 336 g/mol. The number of rotatable bonds is 3. The normalized spacial score (nSPS) is 10.7. The maximum absolute atomic E-state index is 6.07. The molecule has 0 bridgehead atoms. The fourth-order valence-electron chi connectivity index (χ4n) is 2.01. The number of nitrogens with zero attached hydrogens (tertiary/aromatic N) is 1. The summed E-state index contributed by atoms with van der Waals surface area (Å²) >= 11 is 9.45. The average Bonchev–Trinajstić information content (AvgIpc) is 2.48. The number of nitrogens with one attached hydrogen (secondary N) is 1. The molecule has 0 aliphatic carbocycles. The van der Waals surface area contributed by atoms with Crippen LogP contribution in [0.4, 0.5) is 5.69 Å². The molecule has 0 fully saturated rings. The first-order valence-electron chi connectivity index (χ1n) is 6.26. The van der Waals surface area contributed by atoms with E-state index >= 15 is 0 Å². The second kappa shape index (κ2) is 5.81. The molecule has 1 N–H and O–H groups in total. The molecule has 4 heteroatoms. The summed E-state index contributed by atoms with van der Waals surface area (Å²) in [5.41, 5.74) is 3.00. The Morgan fingerprint density at radius 2 is 1.90 bits per heavy atom. The first kappa shape index (κ1) is 13.4. The van der Waals surface area contributed by atoms with Gasteiger partial charge in [-0.15, -0.1) is 0 Å². The third kappa shape index (κ3) is 2.94. The Balaban J connectivity index is 1.77. The Labute approximate surface area is 130 Å². The molecule has 0 spiro atoms. The molecule has 0 saturated carbocycles. The van der Waals surface area contributed by atoms with Gasteiger partial charge in [0.1, 0.15) is 0 Å². The predicted octanol–water partition coefficient (Wildman–Crippen LogP) is 5.26. The lowest BCUT2D eigenvalue weighted by Gasteiger charge is -2.08. The highest BCUT2D eigenvalue weighted by Crippen LogP contribution is 2.25. The van der Waals surface area contributed by atoms with Crippen molar-refractivity contribution >= 4 is 44.1 Å². The van der Waals surface area contributed by atoms with Crippen LogP contribution in [0.15, 0.2) is 59.1 Å². The number of pyridine rings is 1. The van der Waals surface area contributed by atoms with Gasteiger partial charge in [-0.1, -0.05) is 35.9 Å². The summed E-state index contributed by atoms with van der Waals surface area (Å²) in [5.74, 6) is 0. The Bertz CT molecular complexity index is 758. The van der Waals surface area contributed by atoms with E-state index in [4.69, 9.17) is 11.6 Å². The van der Waals surface area contributed by atoms with Gasteiger partial charge >= 0.3 is 0 Å². The van der Waals surface area contributed by atoms with Gasteiger partial charge in [0.25, 0.3) is 0 Å². The zero-order valence-corrected chi connectivity index (χ0v) is 12.9. The monoisotopic (exact) mass is 346 g/mol. The number of anilines is 1. The van der Waals surface area contributed by atoms with Crippen LogP contribution in [0.2, 0.25) is 5.02 Å². The van der Waals surface area contributed by atoms with E-state index < -0.39 is 0 Å². The van der Waals surface area contributed by atoms with Gasteiger partial charge in [0.15, 0.2) is 0 Å². The summed E-state index contributed by atoms with van der Waals surface area (Å²) in [5, 5.41) is 5.18. The van der Waals surface area contributed by atoms with Gasteiger partial charge in [0.05, 0.1) is 22.8 Å². The van der Waals surface area contributed by atoms with Crippen LogP contribution < -0.4 is 5.32 Å². The molecule has 100 valence electrons. The van der Waals surface area contributed by atoms with Crippen molar-refractivity contribution in [3.63, 3.8) is 0 Å². The molecule has 0 saturated heterocycles. The molecule has 0 radical (unpaired) electrons. The van der Waals surface area contributed by atoms with Crippen LogP contribution in [0.1, 0.15) is 5.69 Å². The van der Waals surface area contributed by atoms with Crippen molar-refractivity contribution in [1.29, 1.82) is 0 Å². The summed E-state index contributed by atoms with van der Waals surface area (Å²) in [6, 6.07) is 18.0. The summed E-state index contributed by atoms with van der Waals surface area (Å²) in [6.45, 7) is 0.669. The van der Waals surface area contributed by atoms with Crippen LogP contribution in [0, 0.1) is 0 Å². The third-order valence-electron chi connectivity index (χ3n) is 3.05. The summed E-state index contributed by atoms with van der Waals surface area (Å²) < 4.78 is 0.897. The Kier molecular flexibility index (Phi) is 3.90. The standard InChI is InChI=1S/C16H12BrClN2/c17-14-8-7-12(9-15(14)18)19-10-13-6-5-11-3-1-2-4-16(11)20-13/h1-9,19H,10H2. The van der Waals surface area contributed by atoms with Crippen LogP contribution in [-0.2, 0) is 6.54 Å². The van der Waals surface area contributed by atoms with E-state index in [9.17, 15) is 0 Å². The molecule has 3 rings (SSSR count). The van der Waals surface area contributed by atoms with E-state index in [-0.39, 0.29) is 0 Å². The summed E-state index contributed by atoms with van der Waals surface area (Å²) in [4.78, 5) is 4.63. The molecule has 1 aromatic heterocycles. The number of fused-ring (bicyclic) bond motifs is 1. The van der Waals surface area contributed by atoms with Gasteiger partial charge in [0, 0.05) is 15.5 Å². The maximum atomic E-state index is 6.07. The van der Waals surface area contributed by atoms with Crippen LogP contribution >= 0.6 is 27.5 Å². The minimum atomic E-state index is 0.669. The summed E-state index contributed by atoms with van der Waals surface area (Å²) in [6.07, 6.45) is 0. The molecule has 0 amide bonds. The van der Waals surface area contributed by atoms with Crippen molar-refractivity contribution in [2.24, 2.45) is 0 Å². The van der Waals surface area contributed by atoms with Crippen molar-refractivity contribution in [3.8, 4) is 0 Å². The topological polar surface area (TPSA) is 24.9 Å². The van der Waals surface area contributed by atoms with E-state index in [0.717, 1.165) is 26.8 Å². The number of hydrogen-bond acceptors (Lipinski definition) is 2. The van der Waals surface area contributed by atoms with Gasteiger partial charge in [-0.3, -0.25) is 4.98 Å². The average molecular weight is 348 g/mol. The Morgan fingerprint density at radius 3 is 2.75 bits per heavy atom. The van der Waals surface area contributed by atoms with E-state index in [1.165, 1.54) is 0 Å². The lowest BCUT2D eigenvalue weighted by atomic mass is 10.2. The predicted molar refractivity (Wildman–Crippen MR) is 88.2 cm³/mol. The molecule has 2 nitrogen and oxygen atoms in total. The zero-order valence-electron chi connectivity index (χ0n) is 10.6. The second-order valence-corrected chi connectivity index (χ2v) is 5.74. The molecule has 3 aromatic rings. The number of halogens is 2. The first-order valence-corrected chi connectivity index (χ1v) is 7.43. The largest absolute Gasteiger partial charge is 0.379 e. The minimum absolute atomic E-state index is 0.669. The molecule has 2 aromatic carbocycles. The molecule has 20 heavy (non-hydrogen) atoms. The van der Waals surface area contributed by atoms with Crippen molar-refractivity contribution in [3.05, 3.63) is 69.8 Å². The van der Waals surface area contributed by atoms with Crippen LogP contribution in [0.25, 0.3) is 10.9 Å². The smallest absolute Gasteiger partial charge is 0.0706 e. The molecular formula is C16H12BrClN2. The number of para-hydroxylation sites is 1. The highest BCUT2D eigenvalue weighted by atomic mass is 79.9. The highest BCUT2D eigenvalue weighted by molar-refractivity contribution is 9.10. The fraction of sp³-hybridized carbons (Fsp3) is 0.0625. The molecule has 0 aliphatic rings. The maximum Gasteiger partial charge on any atom is 0.0706 e. The SMILES string of the molecule is Clc1cc(NCc2ccc3ccccc3n2)ccc1Br. The van der Waals surface area contributed by atoms with E-state index in [1.807, 2.05) is 42.5 Å². The van der Waals surface area contributed by atoms with Gasteiger partial charge in [0.2, 0.25) is 0 Å². The van der Waals surface area contributed by atoms with E-state index in [2.05, 4.69) is 38.4 Å². The Morgan fingerprint density at radius 1 is 1.05 bits per heavy atom. The first-order chi connectivity index (χ1) is 9.72. The van der Waals surface area contributed by atoms with Gasteiger partial charge in [-0.2, -0.15) is 0 Å². The lowest BCUT2D eigenvalue weighted by Crippen LogP contribution is -2.01. The quantitative estimate of drug-likeness (QED) is 0.699. The summed E-state index contributed by atoms with van der Waals surface area (Å²) in [7, 11) is 0. The van der Waals surface area contributed by atoms with Crippen LogP contribution in [0.5, 0.6) is 0 Å². The van der Waals surface area contributed by atoms with Gasteiger partial charge < -0.3 is 5.32 Å². The lowest BCUT2D eigenvalue weighted by molar-refractivity contribution is 1.07. The number of hydrogen-bond donors (Lipinski definition) is 1. The minimum Gasteiger partial charge on any atom is -0.379 e. The molecule has 0 atom stereocenters. The van der Waals surface area contributed by atoms with Gasteiger partial charge in [-0.05, 0) is 46.3 Å². The van der Waals surface area contributed by atoms with E-state index in [1.54, 1.807) is 0 Å². The number of benzene rings is 2. The molecule has 0 aliphatic heterocycles. The molecule has 0 unspecified atom stereocenters. The van der Waals surface area contributed by atoms with Crippen LogP contribution in [0.3, 0.4) is 0 Å². The van der Waals surface area contributed by atoms with Crippen molar-refractivity contribution in [2.75, 3.05) is 5.32 Å². The van der Waals surface area contributed by atoms with Crippen molar-refractivity contribution in [2.45, 2.75) is 6.54 Å². The Hall–Kier alpha value is -1.58. The third-order valence-corrected chi connectivity index (χ3v) is 4.28. The van der Waals surface area contributed by atoms with Crippen LogP contribution in [-0.4, -0.2) is 4.98 Å². The van der Waals surface area contributed by atoms with E-state index in [0.29, 0.717) is 11.6 Å². The van der Waals surface area contributed by atoms with Crippen molar-refractivity contribution < 1.29 is 0 Å². The highest BCUT2D eigenvalue weighted by Gasteiger charge is 2.01. The van der Waals surface area contributed by atoms with Crippen molar-refractivity contribution in [1.82, 2.24) is 4.98 Å². The number of aromatic nitrogens is 1. The fourth-order valence-corrected chi connectivity index (χ4v) is 2.43. The van der Waals surface area contributed by atoms with Gasteiger partial charge in [-0.25, -0.2) is 0 Å². The second-order valence-electron chi connectivity index (χ2n) is 4.48.